The fourth-order valence-electron chi connectivity index (χ4n) is 2.35. The standard InChI is InChI=1S/C16H11F3N2O/c17-16(18,19)11-3-4-12(10(8-11)9-22)15-13-2-1-6-20-14(13)5-7-21-15/h1-8,22H,9H2. The Morgan fingerprint density at radius 2 is 1.82 bits per heavy atom. The van der Waals surface area contributed by atoms with Gasteiger partial charge in [0.05, 0.1) is 23.4 Å². The Kier molecular flexibility index (Phi) is 3.54. The Hall–Kier alpha value is -2.47. The predicted octanol–water partition coefficient (Wildman–Crippen LogP) is 3.81. The van der Waals surface area contributed by atoms with Gasteiger partial charge in [0.1, 0.15) is 0 Å². The molecule has 6 heteroatoms. The molecule has 0 spiro atoms. The summed E-state index contributed by atoms with van der Waals surface area (Å²) in [6.07, 6.45) is -1.27. The lowest BCUT2D eigenvalue weighted by Gasteiger charge is -2.13. The zero-order valence-corrected chi connectivity index (χ0v) is 11.3. The van der Waals surface area contributed by atoms with Crippen LogP contribution in [-0.4, -0.2) is 15.1 Å². The Morgan fingerprint density at radius 3 is 2.55 bits per heavy atom. The Balaban J connectivity index is 2.23. The molecule has 0 unspecified atom stereocenters. The zero-order chi connectivity index (χ0) is 15.7. The molecule has 112 valence electrons. The van der Waals surface area contributed by atoms with Crippen molar-refractivity contribution in [2.45, 2.75) is 12.8 Å². The van der Waals surface area contributed by atoms with Crippen molar-refractivity contribution in [3.05, 3.63) is 59.9 Å². The van der Waals surface area contributed by atoms with Gasteiger partial charge < -0.3 is 5.11 Å². The maximum absolute atomic E-state index is 12.8. The van der Waals surface area contributed by atoms with Crippen LogP contribution in [-0.2, 0) is 12.8 Å². The van der Waals surface area contributed by atoms with Crippen LogP contribution < -0.4 is 0 Å². The third kappa shape index (κ3) is 2.53. The molecule has 1 N–H and O–H groups in total. The monoisotopic (exact) mass is 304 g/mol. The first-order valence-corrected chi connectivity index (χ1v) is 6.52. The van der Waals surface area contributed by atoms with Gasteiger partial charge in [-0.3, -0.25) is 9.97 Å². The molecule has 3 aromatic rings. The van der Waals surface area contributed by atoms with Gasteiger partial charge in [0, 0.05) is 23.3 Å². The van der Waals surface area contributed by atoms with Crippen molar-refractivity contribution in [3.63, 3.8) is 0 Å². The molecular formula is C16H11F3N2O. The first kappa shape index (κ1) is 14.5. The number of nitrogens with zero attached hydrogens (tertiary/aromatic N) is 2. The van der Waals surface area contributed by atoms with Crippen molar-refractivity contribution in [1.82, 2.24) is 9.97 Å². The molecule has 0 radical (unpaired) electrons. The minimum Gasteiger partial charge on any atom is -0.392 e. The van der Waals surface area contributed by atoms with Gasteiger partial charge in [0.2, 0.25) is 0 Å². The molecule has 0 saturated heterocycles. The highest BCUT2D eigenvalue weighted by molar-refractivity contribution is 5.92. The van der Waals surface area contributed by atoms with Crippen molar-refractivity contribution < 1.29 is 18.3 Å². The number of alkyl halides is 3. The molecule has 0 aliphatic heterocycles. The smallest absolute Gasteiger partial charge is 0.392 e. The van der Waals surface area contributed by atoms with Gasteiger partial charge in [-0.2, -0.15) is 13.2 Å². The van der Waals surface area contributed by atoms with Crippen molar-refractivity contribution in [3.8, 4) is 11.3 Å². The zero-order valence-electron chi connectivity index (χ0n) is 11.3. The molecule has 22 heavy (non-hydrogen) atoms. The van der Waals surface area contributed by atoms with E-state index in [-0.39, 0.29) is 5.56 Å². The summed E-state index contributed by atoms with van der Waals surface area (Å²) in [6.45, 7) is -0.502. The molecule has 0 amide bonds. The summed E-state index contributed by atoms with van der Waals surface area (Å²) in [5.74, 6) is 0. The van der Waals surface area contributed by atoms with E-state index < -0.39 is 18.3 Å². The maximum Gasteiger partial charge on any atom is 0.416 e. The van der Waals surface area contributed by atoms with Crippen molar-refractivity contribution in [2.24, 2.45) is 0 Å². The van der Waals surface area contributed by atoms with E-state index >= 15 is 0 Å². The minimum absolute atomic E-state index is 0.179. The lowest BCUT2D eigenvalue weighted by atomic mass is 9.99. The van der Waals surface area contributed by atoms with Crippen LogP contribution in [0.3, 0.4) is 0 Å². The number of aromatic nitrogens is 2. The number of hydrogen-bond donors (Lipinski definition) is 1. The number of aliphatic hydroxyl groups excluding tert-OH is 1. The number of rotatable bonds is 2. The van der Waals surface area contributed by atoms with E-state index in [4.69, 9.17) is 0 Å². The van der Waals surface area contributed by atoms with E-state index in [1.54, 1.807) is 30.6 Å². The van der Waals surface area contributed by atoms with Crippen LogP contribution in [0.2, 0.25) is 0 Å². The number of fused-ring (bicyclic) bond motifs is 1. The second kappa shape index (κ2) is 5.38. The summed E-state index contributed by atoms with van der Waals surface area (Å²) in [5.41, 5.74) is 1.05. The second-order valence-corrected chi connectivity index (χ2v) is 4.76. The fraction of sp³-hybridized carbons (Fsp3) is 0.125. The van der Waals surface area contributed by atoms with Gasteiger partial charge in [-0.05, 0) is 35.9 Å². The van der Waals surface area contributed by atoms with Gasteiger partial charge in [-0.1, -0.05) is 6.07 Å². The quantitative estimate of drug-likeness (QED) is 0.783. The van der Waals surface area contributed by atoms with E-state index in [0.717, 1.165) is 17.5 Å². The van der Waals surface area contributed by atoms with E-state index in [0.29, 0.717) is 16.8 Å². The van der Waals surface area contributed by atoms with Crippen LogP contribution in [0.25, 0.3) is 22.2 Å². The van der Waals surface area contributed by atoms with Crippen LogP contribution in [0, 0.1) is 0 Å². The molecule has 2 aromatic heterocycles. The van der Waals surface area contributed by atoms with E-state index in [1.165, 1.54) is 6.07 Å². The summed E-state index contributed by atoms with van der Waals surface area (Å²) < 4.78 is 38.4. The van der Waals surface area contributed by atoms with Gasteiger partial charge in [0.25, 0.3) is 0 Å². The van der Waals surface area contributed by atoms with Crippen LogP contribution in [0.5, 0.6) is 0 Å². The molecule has 0 aliphatic rings. The molecule has 0 aliphatic carbocycles. The number of pyridine rings is 2. The molecular weight excluding hydrogens is 293 g/mol. The topological polar surface area (TPSA) is 46.0 Å². The molecule has 3 nitrogen and oxygen atoms in total. The van der Waals surface area contributed by atoms with Crippen LogP contribution in [0.4, 0.5) is 13.2 Å². The van der Waals surface area contributed by atoms with Crippen molar-refractivity contribution in [1.29, 1.82) is 0 Å². The highest BCUT2D eigenvalue weighted by Gasteiger charge is 2.31. The number of aliphatic hydroxyl groups is 1. The lowest BCUT2D eigenvalue weighted by molar-refractivity contribution is -0.137. The van der Waals surface area contributed by atoms with Gasteiger partial charge in [-0.15, -0.1) is 0 Å². The molecule has 0 atom stereocenters. The first-order valence-electron chi connectivity index (χ1n) is 6.52. The molecule has 0 saturated carbocycles. The third-order valence-corrected chi connectivity index (χ3v) is 3.39. The van der Waals surface area contributed by atoms with Crippen LogP contribution in [0.1, 0.15) is 11.1 Å². The van der Waals surface area contributed by atoms with Gasteiger partial charge in [-0.25, -0.2) is 0 Å². The second-order valence-electron chi connectivity index (χ2n) is 4.76. The molecule has 2 heterocycles. The number of halogens is 3. The van der Waals surface area contributed by atoms with E-state index in [9.17, 15) is 18.3 Å². The average Bonchev–Trinajstić information content (AvgIpc) is 2.53. The molecule has 0 fully saturated rings. The van der Waals surface area contributed by atoms with Crippen LogP contribution in [0.15, 0.2) is 48.8 Å². The maximum atomic E-state index is 12.8. The number of hydrogen-bond acceptors (Lipinski definition) is 3. The highest BCUT2D eigenvalue weighted by Crippen LogP contribution is 2.34. The van der Waals surface area contributed by atoms with E-state index in [1.807, 2.05) is 0 Å². The Morgan fingerprint density at radius 1 is 1.00 bits per heavy atom. The number of benzene rings is 1. The average molecular weight is 304 g/mol. The summed E-state index contributed by atoms with van der Waals surface area (Å²) in [6, 6.07) is 8.53. The highest BCUT2D eigenvalue weighted by atomic mass is 19.4. The summed E-state index contributed by atoms with van der Waals surface area (Å²) in [5, 5.41) is 10.2. The van der Waals surface area contributed by atoms with Gasteiger partial charge in [0.15, 0.2) is 0 Å². The molecule has 3 rings (SSSR count). The Bertz CT molecular complexity index is 826. The normalized spacial score (nSPS) is 11.8. The molecule has 1 aromatic carbocycles. The summed E-state index contributed by atoms with van der Waals surface area (Å²) >= 11 is 0. The SMILES string of the molecule is OCc1cc(C(F)(F)F)ccc1-c1nccc2ncccc12. The van der Waals surface area contributed by atoms with Gasteiger partial charge >= 0.3 is 6.18 Å². The lowest BCUT2D eigenvalue weighted by Crippen LogP contribution is -2.06. The molecule has 0 bridgehead atoms. The third-order valence-electron chi connectivity index (χ3n) is 3.39. The van der Waals surface area contributed by atoms with Crippen LogP contribution >= 0.6 is 0 Å². The van der Waals surface area contributed by atoms with Crippen molar-refractivity contribution in [2.75, 3.05) is 0 Å². The fourth-order valence-corrected chi connectivity index (χ4v) is 2.35. The Labute approximate surface area is 124 Å². The summed E-state index contributed by atoms with van der Waals surface area (Å²) in [4.78, 5) is 8.44. The predicted molar refractivity (Wildman–Crippen MR) is 75.9 cm³/mol. The largest absolute Gasteiger partial charge is 0.416 e. The van der Waals surface area contributed by atoms with E-state index in [2.05, 4.69) is 9.97 Å². The minimum atomic E-state index is -4.45. The first-order chi connectivity index (χ1) is 10.5. The van der Waals surface area contributed by atoms with Crippen molar-refractivity contribution >= 4 is 10.9 Å². The summed E-state index contributed by atoms with van der Waals surface area (Å²) in [7, 11) is 0.